The van der Waals surface area contributed by atoms with E-state index in [0.717, 1.165) is 24.2 Å². The lowest BCUT2D eigenvalue weighted by Gasteiger charge is -2.43. The molecule has 1 spiro atoms. The number of hydrogen-bond acceptors (Lipinski definition) is 6. The van der Waals surface area contributed by atoms with E-state index in [2.05, 4.69) is 37.5 Å². The van der Waals surface area contributed by atoms with Gasteiger partial charge in [0.15, 0.2) is 6.61 Å². The second-order valence-corrected chi connectivity index (χ2v) is 9.87. The fraction of sp³-hybridized carbons (Fsp3) is 0.762. The Morgan fingerprint density at radius 2 is 1.93 bits per heavy atom. The van der Waals surface area contributed by atoms with E-state index in [9.17, 15) is 24.4 Å². The number of hydrogen-bond donors (Lipinski definition) is 2. The van der Waals surface area contributed by atoms with Gasteiger partial charge in [0.25, 0.3) is 11.8 Å². The van der Waals surface area contributed by atoms with Gasteiger partial charge in [0.05, 0.1) is 6.07 Å². The predicted molar refractivity (Wildman–Crippen MR) is 106 cm³/mol. The summed E-state index contributed by atoms with van der Waals surface area (Å²) in [6.45, 7) is 5.09. The molecule has 9 heteroatoms. The van der Waals surface area contributed by atoms with Crippen molar-refractivity contribution in [3.63, 3.8) is 0 Å². The first-order valence-corrected chi connectivity index (χ1v) is 10.5. The van der Waals surface area contributed by atoms with Gasteiger partial charge >= 0.3 is 12.0 Å². The van der Waals surface area contributed by atoms with E-state index in [1.54, 1.807) is 0 Å². The number of carbonyl (C=O) groups is 4. The van der Waals surface area contributed by atoms with Gasteiger partial charge in [-0.05, 0) is 56.3 Å². The van der Waals surface area contributed by atoms with Crippen LogP contribution in [-0.4, -0.2) is 52.9 Å². The molecule has 0 aromatic heterocycles. The molecule has 2 atom stereocenters. The van der Waals surface area contributed by atoms with Crippen LogP contribution in [0.2, 0.25) is 0 Å². The first kappa shape index (κ1) is 22.1. The number of imide groups is 1. The summed E-state index contributed by atoms with van der Waals surface area (Å²) in [4.78, 5) is 50.6. The molecule has 0 bridgehead atoms. The molecule has 0 radical (unpaired) electrons. The van der Waals surface area contributed by atoms with E-state index < -0.39 is 48.0 Å². The average molecular weight is 418 g/mol. The quantitative estimate of drug-likeness (QED) is 0.516. The third kappa shape index (κ3) is 4.42. The second kappa shape index (κ2) is 7.89. The van der Waals surface area contributed by atoms with Crippen molar-refractivity contribution in [3.05, 3.63) is 0 Å². The highest BCUT2D eigenvalue weighted by molar-refractivity contribution is 6.08. The molecule has 2 saturated carbocycles. The largest absolute Gasteiger partial charge is 0.454 e. The number of urea groups is 1. The maximum absolute atomic E-state index is 13.0. The Morgan fingerprint density at radius 1 is 1.27 bits per heavy atom. The molecule has 2 N–H and O–H groups in total. The molecule has 164 valence electrons. The molecule has 0 aromatic carbocycles. The van der Waals surface area contributed by atoms with Crippen LogP contribution in [0.4, 0.5) is 4.79 Å². The molecule has 3 rings (SSSR count). The molecule has 0 aromatic rings. The minimum atomic E-state index is -0.989. The normalized spacial score (nSPS) is 29.4. The lowest BCUT2D eigenvalue weighted by Crippen LogP contribution is -2.54. The fourth-order valence-corrected chi connectivity index (χ4v) is 5.52. The van der Waals surface area contributed by atoms with Crippen molar-refractivity contribution in [2.75, 3.05) is 13.2 Å². The van der Waals surface area contributed by atoms with E-state index >= 15 is 0 Å². The van der Waals surface area contributed by atoms with Gasteiger partial charge < -0.3 is 15.4 Å². The molecule has 1 saturated heterocycles. The first-order chi connectivity index (χ1) is 14.0. The molecular formula is C21H30N4O5. The van der Waals surface area contributed by atoms with Crippen LogP contribution in [0.1, 0.15) is 65.7 Å². The molecule has 2 aliphatic carbocycles. The van der Waals surface area contributed by atoms with Crippen LogP contribution in [-0.2, 0) is 19.1 Å². The van der Waals surface area contributed by atoms with Gasteiger partial charge in [-0.1, -0.05) is 20.8 Å². The van der Waals surface area contributed by atoms with Crippen molar-refractivity contribution >= 4 is 23.8 Å². The Morgan fingerprint density at radius 3 is 2.53 bits per heavy atom. The number of esters is 1. The van der Waals surface area contributed by atoms with Crippen LogP contribution in [0.15, 0.2) is 0 Å². The standard InChI is InChI=1S/C21H30N4O5/c1-14-8-19(2,3)12-21(9-14)17(28)25(18(29)24-21)10-16(27)30-11-15(26)23-20(13-22)6-4-5-7-20/h14H,4-12H2,1-3H3,(H,23,26)(H,24,29)/t14-,21-/m1/s1. The van der Waals surface area contributed by atoms with Gasteiger partial charge in [-0.2, -0.15) is 5.26 Å². The van der Waals surface area contributed by atoms with Gasteiger partial charge in [-0.15, -0.1) is 0 Å². The summed E-state index contributed by atoms with van der Waals surface area (Å²) >= 11 is 0. The van der Waals surface area contributed by atoms with Crippen LogP contribution in [0.3, 0.4) is 0 Å². The van der Waals surface area contributed by atoms with Gasteiger partial charge in [-0.3, -0.25) is 19.3 Å². The number of carbonyl (C=O) groups excluding carboxylic acids is 4. The zero-order valence-corrected chi connectivity index (χ0v) is 17.9. The predicted octanol–water partition coefficient (Wildman–Crippen LogP) is 1.62. The third-order valence-corrected chi connectivity index (χ3v) is 6.33. The SMILES string of the molecule is C[C@@H]1CC(C)(C)C[C@@]2(C1)NC(=O)N(CC(=O)OCC(=O)NC1(C#N)CCCC1)C2=O. The lowest BCUT2D eigenvalue weighted by molar-refractivity contribution is -0.151. The van der Waals surface area contributed by atoms with Gasteiger partial charge in [0.1, 0.15) is 17.6 Å². The number of nitrogens with zero attached hydrogens (tertiary/aromatic N) is 2. The average Bonchev–Trinajstić information content (AvgIpc) is 3.18. The maximum atomic E-state index is 13.0. The monoisotopic (exact) mass is 418 g/mol. The topological polar surface area (TPSA) is 129 Å². The summed E-state index contributed by atoms with van der Waals surface area (Å²) < 4.78 is 4.97. The van der Waals surface area contributed by atoms with Crippen molar-refractivity contribution in [2.45, 2.75) is 76.8 Å². The first-order valence-electron chi connectivity index (χ1n) is 10.5. The Bertz CT molecular complexity index is 796. The minimum Gasteiger partial charge on any atom is -0.454 e. The molecule has 4 amide bonds. The zero-order chi connectivity index (χ0) is 22.2. The highest BCUT2D eigenvalue weighted by atomic mass is 16.5. The fourth-order valence-electron chi connectivity index (χ4n) is 5.52. The smallest absolute Gasteiger partial charge is 0.326 e. The summed E-state index contributed by atoms with van der Waals surface area (Å²) in [5, 5.41) is 14.7. The van der Waals surface area contributed by atoms with E-state index in [4.69, 9.17) is 4.74 Å². The number of nitriles is 1. The van der Waals surface area contributed by atoms with Gasteiger partial charge in [0.2, 0.25) is 0 Å². The number of amides is 4. The summed E-state index contributed by atoms with van der Waals surface area (Å²) in [5.41, 5.74) is -1.99. The molecule has 1 heterocycles. The molecule has 9 nitrogen and oxygen atoms in total. The molecule has 30 heavy (non-hydrogen) atoms. The van der Waals surface area contributed by atoms with Crippen LogP contribution in [0.25, 0.3) is 0 Å². The highest BCUT2D eigenvalue weighted by Crippen LogP contribution is 2.46. The van der Waals surface area contributed by atoms with Gasteiger partial charge in [-0.25, -0.2) is 4.79 Å². The van der Waals surface area contributed by atoms with Gasteiger partial charge in [0, 0.05) is 0 Å². The van der Waals surface area contributed by atoms with Crippen molar-refractivity contribution in [2.24, 2.45) is 11.3 Å². The van der Waals surface area contributed by atoms with Crippen LogP contribution in [0.5, 0.6) is 0 Å². The number of rotatable bonds is 5. The Kier molecular flexibility index (Phi) is 5.81. The van der Waals surface area contributed by atoms with E-state index in [1.165, 1.54) is 0 Å². The van der Waals surface area contributed by atoms with Crippen molar-refractivity contribution < 1.29 is 23.9 Å². The summed E-state index contributed by atoms with van der Waals surface area (Å²) in [6.07, 6.45) is 4.86. The Labute approximate surface area is 176 Å². The van der Waals surface area contributed by atoms with Crippen molar-refractivity contribution in [1.82, 2.24) is 15.5 Å². The maximum Gasteiger partial charge on any atom is 0.326 e. The molecular weight excluding hydrogens is 388 g/mol. The van der Waals surface area contributed by atoms with Crippen LogP contribution >= 0.6 is 0 Å². The van der Waals surface area contributed by atoms with Crippen LogP contribution in [0, 0.1) is 22.7 Å². The molecule has 3 aliphatic rings. The summed E-state index contributed by atoms with van der Waals surface area (Å²) in [6, 6.07) is 1.52. The van der Waals surface area contributed by atoms with Crippen molar-refractivity contribution in [3.8, 4) is 6.07 Å². The lowest BCUT2D eigenvalue weighted by atomic mass is 9.64. The highest BCUT2D eigenvalue weighted by Gasteiger charge is 2.56. The second-order valence-electron chi connectivity index (χ2n) is 9.87. The van der Waals surface area contributed by atoms with E-state index in [0.29, 0.717) is 25.7 Å². The van der Waals surface area contributed by atoms with E-state index in [-0.39, 0.29) is 11.3 Å². The summed E-state index contributed by atoms with van der Waals surface area (Å²) in [7, 11) is 0. The minimum absolute atomic E-state index is 0.105. The molecule has 0 unspecified atom stereocenters. The molecule has 3 fully saturated rings. The summed E-state index contributed by atoms with van der Waals surface area (Å²) in [5.74, 6) is -1.56. The van der Waals surface area contributed by atoms with E-state index in [1.807, 2.05) is 0 Å². The Balaban J connectivity index is 1.55. The Hall–Kier alpha value is -2.63. The number of nitrogens with one attached hydrogen (secondary N) is 2. The van der Waals surface area contributed by atoms with Crippen molar-refractivity contribution in [1.29, 1.82) is 5.26 Å². The molecule has 1 aliphatic heterocycles. The third-order valence-electron chi connectivity index (χ3n) is 6.33. The van der Waals surface area contributed by atoms with Crippen LogP contribution < -0.4 is 10.6 Å². The number of ether oxygens (including phenoxy) is 1. The zero-order valence-electron chi connectivity index (χ0n) is 17.9.